The standard InChI is InChI=1S/C14H15F2NO3/c1-14(2,3)12(18)17-11(7-20-13(17)19)8-4-5-9(15)10(16)6-8/h4-6,11H,7H2,1-3H3/t11-/m1/s1. The van der Waals surface area contributed by atoms with Crippen molar-refractivity contribution in [3.8, 4) is 0 Å². The summed E-state index contributed by atoms with van der Waals surface area (Å²) in [5, 5.41) is 0. The van der Waals surface area contributed by atoms with Crippen LogP contribution in [0.15, 0.2) is 18.2 Å². The molecule has 0 bridgehead atoms. The van der Waals surface area contributed by atoms with Gasteiger partial charge in [0.25, 0.3) is 0 Å². The van der Waals surface area contributed by atoms with Crippen LogP contribution in [0.4, 0.5) is 13.6 Å². The second-order valence-electron chi connectivity index (χ2n) is 5.69. The average Bonchev–Trinajstić information content (AvgIpc) is 2.72. The van der Waals surface area contributed by atoms with Crippen LogP contribution < -0.4 is 0 Å². The van der Waals surface area contributed by atoms with Crippen LogP contribution in [0.2, 0.25) is 0 Å². The number of hydrogen-bond acceptors (Lipinski definition) is 3. The lowest BCUT2D eigenvalue weighted by atomic mass is 9.93. The maximum atomic E-state index is 13.3. The highest BCUT2D eigenvalue weighted by Crippen LogP contribution is 2.32. The van der Waals surface area contributed by atoms with Crippen LogP contribution in [0, 0.1) is 17.0 Å². The quantitative estimate of drug-likeness (QED) is 0.796. The molecule has 0 aliphatic carbocycles. The molecule has 1 heterocycles. The molecule has 108 valence electrons. The largest absolute Gasteiger partial charge is 0.446 e. The zero-order valence-corrected chi connectivity index (χ0v) is 11.4. The number of amides is 2. The molecule has 0 saturated carbocycles. The highest BCUT2D eigenvalue weighted by atomic mass is 19.2. The van der Waals surface area contributed by atoms with Gasteiger partial charge in [0.05, 0.1) is 0 Å². The number of benzene rings is 1. The monoisotopic (exact) mass is 283 g/mol. The molecule has 0 unspecified atom stereocenters. The predicted molar refractivity (Wildman–Crippen MR) is 66.7 cm³/mol. The molecule has 2 rings (SSSR count). The Hall–Kier alpha value is -1.98. The summed E-state index contributed by atoms with van der Waals surface area (Å²) in [7, 11) is 0. The lowest BCUT2D eigenvalue weighted by molar-refractivity contribution is -0.137. The summed E-state index contributed by atoms with van der Waals surface area (Å²) in [6, 6.07) is 2.55. The Labute approximate surface area is 115 Å². The fourth-order valence-electron chi connectivity index (χ4n) is 1.97. The van der Waals surface area contributed by atoms with E-state index in [2.05, 4.69) is 0 Å². The average molecular weight is 283 g/mol. The number of cyclic esters (lactones) is 1. The van der Waals surface area contributed by atoms with E-state index in [1.807, 2.05) is 0 Å². The highest BCUT2D eigenvalue weighted by molar-refractivity contribution is 5.96. The summed E-state index contributed by atoms with van der Waals surface area (Å²) in [6.07, 6.45) is -0.764. The van der Waals surface area contributed by atoms with E-state index in [9.17, 15) is 18.4 Å². The van der Waals surface area contributed by atoms with Crippen LogP contribution in [0.1, 0.15) is 32.4 Å². The van der Waals surface area contributed by atoms with Gasteiger partial charge in [0, 0.05) is 5.41 Å². The number of nitrogens with zero attached hydrogens (tertiary/aromatic N) is 1. The van der Waals surface area contributed by atoms with Crippen LogP contribution in [-0.4, -0.2) is 23.5 Å². The molecule has 1 aliphatic rings. The normalized spacial score (nSPS) is 19.1. The van der Waals surface area contributed by atoms with E-state index in [1.54, 1.807) is 20.8 Å². The van der Waals surface area contributed by atoms with Crippen molar-refractivity contribution in [2.45, 2.75) is 26.8 Å². The Kier molecular flexibility index (Phi) is 3.50. The van der Waals surface area contributed by atoms with Gasteiger partial charge in [-0.15, -0.1) is 0 Å². The first kappa shape index (κ1) is 14.4. The molecule has 1 atom stereocenters. The molecule has 1 aromatic carbocycles. The number of imide groups is 1. The number of carbonyl (C=O) groups is 2. The Morgan fingerprint density at radius 3 is 2.50 bits per heavy atom. The fourth-order valence-corrected chi connectivity index (χ4v) is 1.97. The topological polar surface area (TPSA) is 46.6 Å². The number of halogens is 2. The Bertz CT molecular complexity index is 566. The molecule has 0 N–H and O–H groups in total. The zero-order valence-electron chi connectivity index (χ0n) is 11.4. The Morgan fingerprint density at radius 2 is 1.95 bits per heavy atom. The zero-order chi connectivity index (χ0) is 15.1. The van der Waals surface area contributed by atoms with Crippen LogP contribution in [0.5, 0.6) is 0 Å². The van der Waals surface area contributed by atoms with E-state index in [0.29, 0.717) is 5.56 Å². The predicted octanol–water partition coefficient (Wildman–Crippen LogP) is 3.03. The van der Waals surface area contributed by atoms with Gasteiger partial charge in [0.15, 0.2) is 11.6 Å². The third-order valence-electron chi connectivity index (χ3n) is 3.06. The number of rotatable bonds is 1. The second-order valence-corrected chi connectivity index (χ2v) is 5.69. The minimum Gasteiger partial charge on any atom is -0.446 e. The van der Waals surface area contributed by atoms with E-state index in [1.165, 1.54) is 6.07 Å². The molecular formula is C14H15F2NO3. The van der Waals surface area contributed by atoms with E-state index in [0.717, 1.165) is 17.0 Å². The first-order valence-electron chi connectivity index (χ1n) is 6.17. The molecule has 0 aromatic heterocycles. The maximum Gasteiger partial charge on any atom is 0.417 e. The van der Waals surface area contributed by atoms with Crippen LogP contribution in [0.3, 0.4) is 0 Å². The number of hydrogen-bond donors (Lipinski definition) is 0. The molecule has 6 heteroatoms. The maximum absolute atomic E-state index is 13.3. The molecule has 4 nitrogen and oxygen atoms in total. The van der Waals surface area contributed by atoms with Gasteiger partial charge in [-0.05, 0) is 17.7 Å². The smallest absolute Gasteiger partial charge is 0.417 e. The first-order chi connectivity index (χ1) is 9.21. The van der Waals surface area contributed by atoms with Gasteiger partial charge >= 0.3 is 6.09 Å². The van der Waals surface area contributed by atoms with Crippen LogP contribution in [-0.2, 0) is 9.53 Å². The molecule has 20 heavy (non-hydrogen) atoms. The van der Waals surface area contributed by atoms with Crippen molar-refractivity contribution in [3.63, 3.8) is 0 Å². The minimum absolute atomic E-state index is 0.0638. The molecular weight excluding hydrogens is 268 g/mol. The van der Waals surface area contributed by atoms with Gasteiger partial charge in [0.1, 0.15) is 12.6 Å². The second kappa shape index (κ2) is 4.85. The minimum atomic E-state index is -1.02. The molecule has 2 amide bonds. The summed E-state index contributed by atoms with van der Waals surface area (Å²) >= 11 is 0. The summed E-state index contributed by atoms with van der Waals surface area (Å²) in [4.78, 5) is 24.9. The van der Waals surface area contributed by atoms with Gasteiger partial charge in [-0.3, -0.25) is 4.79 Å². The van der Waals surface area contributed by atoms with Gasteiger partial charge in [-0.2, -0.15) is 0 Å². The van der Waals surface area contributed by atoms with Crippen LogP contribution in [0.25, 0.3) is 0 Å². The summed E-state index contributed by atoms with van der Waals surface area (Å²) < 4.78 is 31.1. The molecule has 1 aliphatic heterocycles. The molecule has 0 radical (unpaired) electrons. The van der Waals surface area contributed by atoms with Gasteiger partial charge in [0.2, 0.25) is 5.91 Å². The van der Waals surface area contributed by atoms with Gasteiger partial charge < -0.3 is 4.74 Å². The molecule has 1 aromatic rings. The third kappa shape index (κ3) is 2.50. The first-order valence-corrected chi connectivity index (χ1v) is 6.17. The lowest BCUT2D eigenvalue weighted by Gasteiger charge is -2.27. The fraction of sp³-hybridized carbons (Fsp3) is 0.429. The van der Waals surface area contributed by atoms with Gasteiger partial charge in [-0.1, -0.05) is 26.8 Å². The van der Waals surface area contributed by atoms with Crippen molar-refractivity contribution in [1.82, 2.24) is 4.90 Å². The summed E-state index contributed by atoms with van der Waals surface area (Å²) in [5.41, 5.74) is -0.451. The van der Waals surface area contributed by atoms with Crippen molar-refractivity contribution in [2.75, 3.05) is 6.61 Å². The van der Waals surface area contributed by atoms with Crippen molar-refractivity contribution in [3.05, 3.63) is 35.4 Å². The SMILES string of the molecule is CC(C)(C)C(=O)N1C(=O)OC[C@@H]1c1ccc(F)c(F)c1. The van der Waals surface area contributed by atoms with Crippen molar-refractivity contribution in [1.29, 1.82) is 0 Å². The van der Waals surface area contributed by atoms with E-state index in [-0.39, 0.29) is 6.61 Å². The van der Waals surface area contributed by atoms with E-state index >= 15 is 0 Å². The van der Waals surface area contributed by atoms with E-state index < -0.39 is 35.1 Å². The van der Waals surface area contributed by atoms with Crippen molar-refractivity contribution in [2.24, 2.45) is 5.41 Å². The van der Waals surface area contributed by atoms with Crippen LogP contribution >= 0.6 is 0 Å². The summed E-state index contributed by atoms with van der Waals surface area (Å²) in [6.45, 7) is 4.95. The molecule has 1 saturated heterocycles. The third-order valence-corrected chi connectivity index (χ3v) is 3.06. The number of ether oxygens (including phenoxy) is 1. The highest BCUT2D eigenvalue weighted by Gasteiger charge is 2.43. The Balaban J connectivity index is 2.37. The van der Waals surface area contributed by atoms with Crippen molar-refractivity contribution < 1.29 is 23.1 Å². The number of carbonyl (C=O) groups excluding carboxylic acids is 2. The summed E-state index contributed by atoms with van der Waals surface area (Å²) in [5.74, 6) is -2.42. The van der Waals surface area contributed by atoms with E-state index in [4.69, 9.17) is 4.74 Å². The Morgan fingerprint density at radius 1 is 1.30 bits per heavy atom. The van der Waals surface area contributed by atoms with Crippen molar-refractivity contribution >= 4 is 12.0 Å². The van der Waals surface area contributed by atoms with Gasteiger partial charge in [-0.25, -0.2) is 18.5 Å². The molecule has 1 fully saturated rings. The molecule has 0 spiro atoms. The lowest BCUT2D eigenvalue weighted by Crippen LogP contribution is -2.41.